The summed E-state index contributed by atoms with van der Waals surface area (Å²) in [5.74, 6) is 0. The summed E-state index contributed by atoms with van der Waals surface area (Å²) >= 11 is 0. The van der Waals surface area contributed by atoms with E-state index in [1.54, 1.807) is 0 Å². The first kappa shape index (κ1) is 42.4. The van der Waals surface area contributed by atoms with Crippen molar-refractivity contribution in [2.45, 2.75) is 5.41 Å². The summed E-state index contributed by atoms with van der Waals surface area (Å²) in [6.45, 7) is 0. The van der Waals surface area contributed by atoms with Gasteiger partial charge in [0.2, 0.25) is 0 Å². The molecule has 13 aromatic rings. The average Bonchev–Trinajstić information content (AvgIpc) is 3.97. The SMILES string of the molecule is c1ccc(C2(c3ccccc3)c3ccccc3-c3ccc(N(c4ccc(-c5cccc(-c6ccc7ccccc7c6)c5)cc4)c4ccc(-c5ccccc5-n5c6ccccc6c6ccccc65)cc4)cc32)cc1. The summed E-state index contributed by atoms with van der Waals surface area (Å²) in [7, 11) is 0. The maximum atomic E-state index is 2.46. The minimum Gasteiger partial charge on any atom is -0.310 e. The van der Waals surface area contributed by atoms with Gasteiger partial charge in [-0.2, -0.15) is 0 Å². The third kappa shape index (κ3) is 6.94. The van der Waals surface area contributed by atoms with E-state index in [1.165, 1.54) is 93.8 Å². The van der Waals surface area contributed by atoms with Gasteiger partial charge >= 0.3 is 0 Å². The van der Waals surface area contributed by atoms with E-state index in [2.05, 4.69) is 301 Å². The molecule has 0 amide bonds. The van der Waals surface area contributed by atoms with E-state index >= 15 is 0 Å². The number of hydrogen-bond donors (Lipinski definition) is 0. The summed E-state index contributed by atoms with van der Waals surface area (Å²) in [5, 5.41) is 5.00. The van der Waals surface area contributed by atoms with Gasteiger partial charge in [0, 0.05) is 33.4 Å². The molecule has 1 heterocycles. The number of nitrogens with zero attached hydrogens (tertiary/aromatic N) is 2. The van der Waals surface area contributed by atoms with Crippen molar-refractivity contribution in [2.24, 2.45) is 0 Å². The molecule has 0 N–H and O–H groups in total. The molecular formula is C71H48N2. The van der Waals surface area contributed by atoms with Crippen LogP contribution in [0.25, 0.3) is 82.8 Å². The zero-order valence-corrected chi connectivity index (χ0v) is 40.1. The molecule has 1 aliphatic carbocycles. The lowest BCUT2D eigenvalue weighted by Gasteiger charge is -2.35. The average molecular weight is 929 g/mol. The molecule has 0 aliphatic heterocycles. The second kappa shape index (κ2) is 17.4. The predicted molar refractivity (Wildman–Crippen MR) is 307 cm³/mol. The number of hydrogen-bond acceptors (Lipinski definition) is 1. The van der Waals surface area contributed by atoms with Crippen LogP contribution in [0.2, 0.25) is 0 Å². The largest absolute Gasteiger partial charge is 0.310 e. The lowest BCUT2D eigenvalue weighted by Crippen LogP contribution is -2.28. The van der Waals surface area contributed by atoms with Gasteiger partial charge in [0.25, 0.3) is 0 Å². The molecule has 0 spiro atoms. The molecule has 2 heteroatoms. The highest BCUT2D eigenvalue weighted by molar-refractivity contribution is 6.09. The first-order valence-electron chi connectivity index (χ1n) is 25.2. The van der Waals surface area contributed by atoms with E-state index < -0.39 is 5.41 Å². The van der Waals surface area contributed by atoms with E-state index in [9.17, 15) is 0 Å². The third-order valence-electron chi connectivity index (χ3n) is 15.3. The van der Waals surface area contributed by atoms with Crippen LogP contribution in [0.5, 0.6) is 0 Å². The quantitative estimate of drug-likeness (QED) is 0.140. The minimum atomic E-state index is -0.531. The smallest absolute Gasteiger partial charge is 0.0714 e. The number of benzene rings is 12. The maximum Gasteiger partial charge on any atom is 0.0714 e. The Hall–Kier alpha value is -9.50. The number of aromatic nitrogens is 1. The van der Waals surface area contributed by atoms with Crippen LogP contribution < -0.4 is 4.90 Å². The van der Waals surface area contributed by atoms with Crippen molar-refractivity contribution in [3.05, 3.63) is 313 Å². The van der Waals surface area contributed by atoms with Crippen LogP contribution in [0.4, 0.5) is 17.1 Å². The fraction of sp³-hybridized carbons (Fsp3) is 0.0141. The van der Waals surface area contributed by atoms with Gasteiger partial charge in [-0.05, 0) is 139 Å². The second-order valence-electron chi connectivity index (χ2n) is 19.2. The molecule has 0 atom stereocenters. The Morgan fingerprint density at radius 2 is 0.767 bits per heavy atom. The van der Waals surface area contributed by atoms with Gasteiger partial charge in [0.05, 0.1) is 22.1 Å². The normalized spacial score (nSPS) is 12.5. The topological polar surface area (TPSA) is 8.17 Å². The van der Waals surface area contributed by atoms with E-state index in [0.717, 1.165) is 28.3 Å². The zero-order chi connectivity index (χ0) is 48.3. The molecule has 0 unspecified atom stereocenters. The molecule has 342 valence electrons. The van der Waals surface area contributed by atoms with E-state index in [1.807, 2.05) is 0 Å². The van der Waals surface area contributed by atoms with Gasteiger partial charge in [-0.15, -0.1) is 0 Å². The number of anilines is 3. The molecule has 0 fully saturated rings. The highest BCUT2D eigenvalue weighted by Crippen LogP contribution is 2.57. The van der Waals surface area contributed by atoms with Gasteiger partial charge in [-0.25, -0.2) is 0 Å². The molecule has 0 bridgehead atoms. The first-order chi connectivity index (χ1) is 36.2. The Morgan fingerprint density at radius 1 is 0.274 bits per heavy atom. The molecular weight excluding hydrogens is 881 g/mol. The standard InChI is InChI=1S/C71H48N2/c1-3-22-56(23-4-1)71(57-24-5-2-6-25-57)66-30-13-9-27-62(66)63-45-44-60(48-67(63)71)72(58-40-36-50(37-41-58)53-20-17-21-54(46-53)55-35-34-49-18-7-8-19-52(49)47-55)59-42-38-51(39-43-59)61-26-10-14-31-68(61)73-69-32-15-11-28-64(69)65-29-12-16-33-70(65)73/h1-48H. The maximum absolute atomic E-state index is 2.46. The van der Waals surface area contributed by atoms with Crippen molar-refractivity contribution < 1.29 is 0 Å². The Balaban J connectivity index is 0.918. The van der Waals surface area contributed by atoms with E-state index in [0.29, 0.717) is 0 Å². The third-order valence-corrected chi connectivity index (χ3v) is 15.3. The second-order valence-corrected chi connectivity index (χ2v) is 19.2. The van der Waals surface area contributed by atoms with E-state index in [-0.39, 0.29) is 0 Å². The Morgan fingerprint density at radius 3 is 1.45 bits per heavy atom. The number of para-hydroxylation sites is 3. The fourth-order valence-electron chi connectivity index (χ4n) is 12.0. The minimum absolute atomic E-state index is 0.531. The van der Waals surface area contributed by atoms with Crippen LogP contribution in [0, 0.1) is 0 Å². The summed E-state index contributed by atoms with van der Waals surface area (Å²) < 4.78 is 2.42. The van der Waals surface area contributed by atoms with Crippen molar-refractivity contribution in [2.75, 3.05) is 4.90 Å². The van der Waals surface area contributed by atoms with Crippen LogP contribution in [0.3, 0.4) is 0 Å². The van der Waals surface area contributed by atoms with Gasteiger partial charge < -0.3 is 9.47 Å². The molecule has 1 aliphatic rings. The lowest BCUT2D eigenvalue weighted by molar-refractivity contribution is 0.768. The van der Waals surface area contributed by atoms with Crippen LogP contribution >= 0.6 is 0 Å². The Labute approximate surface area is 426 Å². The molecule has 2 nitrogen and oxygen atoms in total. The lowest BCUT2D eigenvalue weighted by atomic mass is 9.67. The summed E-state index contributed by atoms with van der Waals surface area (Å²) in [5.41, 5.74) is 20.9. The molecule has 0 radical (unpaired) electrons. The van der Waals surface area contributed by atoms with Gasteiger partial charge in [-0.1, -0.05) is 224 Å². The van der Waals surface area contributed by atoms with Crippen molar-refractivity contribution in [1.29, 1.82) is 0 Å². The highest BCUT2D eigenvalue weighted by Gasteiger charge is 2.46. The van der Waals surface area contributed by atoms with Gasteiger partial charge in [-0.3, -0.25) is 0 Å². The van der Waals surface area contributed by atoms with Crippen molar-refractivity contribution in [1.82, 2.24) is 4.57 Å². The van der Waals surface area contributed by atoms with Crippen LogP contribution in [0.1, 0.15) is 22.3 Å². The van der Waals surface area contributed by atoms with Crippen molar-refractivity contribution in [3.63, 3.8) is 0 Å². The Kier molecular flexibility index (Phi) is 10.1. The molecule has 0 saturated carbocycles. The summed E-state index contributed by atoms with van der Waals surface area (Å²) in [6, 6.07) is 107. The molecule has 14 rings (SSSR count). The van der Waals surface area contributed by atoms with Crippen LogP contribution in [0.15, 0.2) is 291 Å². The van der Waals surface area contributed by atoms with Gasteiger partial charge in [0.1, 0.15) is 0 Å². The zero-order valence-electron chi connectivity index (χ0n) is 40.1. The van der Waals surface area contributed by atoms with Crippen LogP contribution in [-0.2, 0) is 5.41 Å². The predicted octanol–water partition coefficient (Wildman–Crippen LogP) is 18.8. The summed E-state index contributed by atoms with van der Waals surface area (Å²) in [6.07, 6.45) is 0. The Bertz CT molecular complexity index is 4090. The molecule has 73 heavy (non-hydrogen) atoms. The highest BCUT2D eigenvalue weighted by atomic mass is 15.1. The number of fused-ring (bicyclic) bond motifs is 7. The number of rotatable bonds is 9. The summed E-state index contributed by atoms with van der Waals surface area (Å²) in [4.78, 5) is 2.43. The van der Waals surface area contributed by atoms with Gasteiger partial charge in [0.15, 0.2) is 0 Å². The van der Waals surface area contributed by atoms with Crippen molar-refractivity contribution >= 4 is 49.6 Å². The van der Waals surface area contributed by atoms with Crippen LogP contribution in [-0.4, -0.2) is 4.57 Å². The monoisotopic (exact) mass is 928 g/mol. The fourth-order valence-corrected chi connectivity index (χ4v) is 12.0. The molecule has 1 aromatic heterocycles. The van der Waals surface area contributed by atoms with E-state index in [4.69, 9.17) is 0 Å². The molecule has 12 aromatic carbocycles. The molecule has 0 saturated heterocycles. The van der Waals surface area contributed by atoms with Crippen molar-refractivity contribution in [3.8, 4) is 50.2 Å². The first-order valence-corrected chi connectivity index (χ1v) is 25.2.